The summed E-state index contributed by atoms with van der Waals surface area (Å²) in [4.78, 5) is 0. The molecule has 3 rings (SSSR count). The van der Waals surface area contributed by atoms with E-state index in [1.54, 1.807) is 0 Å². The molecule has 1 heterocycles. The number of nitrogens with one attached hydrogen (secondary N) is 1. The summed E-state index contributed by atoms with van der Waals surface area (Å²) in [5.74, 6) is 0. The van der Waals surface area contributed by atoms with Gasteiger partial charge in [0.25, 0.3) is 0 Å². The van der Waals surface area contributed by atoms with Crippen LogP contribution in [0.5, 0.6) is 0 Å². The van der Waals surface area contributed by atoms with E-state index >= 15 is 0 Å². The quantitative estimate of drug-likeness (QED) is 0.808. The molecule has 0 aliphatic carbocycles. The van der Waals surface area contributed by atoms with Gasteiger partial charge in [-0.15, -0.1) is 0 Å². The summed E-state index contributed by atoms with van der Waals surface area (Å²) in [6, 6.07) is 21.2. The summed E-state index contributed by atoms with van der Waals surface area (Å²) >= 11 is 0. The van der Waals surface area contributed by atoms with Crippen LogP contribution in [0.25, 0.3) is 5.57 Å². The van der Waals surface area contributed by atoms with Crippen LogP contribution in [0, 0.1) is 0 Å². The molecule has 0 bridgehead atoms. The molecule has 1 nitrogen and oxygen atoms in total. The second kappa shape index (κ2) is 7.34. The summed E-state index contributed by atoms with van der Waals surface area (Å²) in [5.41, 5.74) is 3.76. The number of dihydropyridines is 1. The van der Waals surface area contributed by atoms with Gasteiger partial charge in [0.1, 0.15) is 0 Å². The summed E-state index contributed by atoms with van der Waals surface area (Å²) in [6.45, 7) is 4.00. The topological polar surface area (TPSA) is 12.0 Å². The molecule has 1 atom stereocenters. The number of hydrogen-bond donors (Lipinski definition) is 1. The van der Waals surface area contributed by atoms with Crippen LogP contribution in [0.2, 0.25) is 0 Å². The van der Waals surface area contributed by atoms with Gasteiger partial charge in [-0.25, -0.2) is 0 Å². The second-order valence-electron chi connectivity index (χ2n) is 4.38. The smallest absolute Gasteiger partial charge is 0.0696 e. The number of rotatable bonds is 2. The van der Waals surface area contributed by atoms with Crippen molar-refractivity contribution in [2.75, 3.05) is 0 Å². The zero-order chi connectivity index (χ0) is 14.2. The Morgan fingerprint density at radius 2 is 1.40 bits per heavy atom. The van der Waals surface area contributed by atoms with Crippen molar-refractivity contribution in [1.82, 2.24) is 5.32 Å². The lowest BCUT2D eigenvalue weighted by molar-refractivity contribution is 0.749. The normalized spacial score (nSPS) is 16.5. The average Bonchev–Trinajstić information content (AvgIpc) is 2.58. The molecule has 1 unspecified atom stereocenters. The Hall–Kier alpha value is -2.28. The van der Waals surface area contributed by atoms with E-state index in [0.717, 1.165) is 0 Å². The van der Waals surface area contributed by atoms with Crippen molar-refractivity contribution in [3.63, 3.8) is 0 Å². The molecule has 102 valence electrons. The molecule has 1 N–H and O–H groups in total. The zero-order valence-corrected chi connectivity index (χ0v) is 12.1. The van der Waals surface area contributed by atoms with Crippen molar-refractivity contribution in [1.29, 1.82) is 0 Å². The third-order valence-electron chi connectivity index (χ3n) is 3.15. The van der Waals surface area contributed by atoms with Gasteiger partial charge in [0, 0.05) is 6.20 Å². The van der Waals surface area contributed by atoms with E-state index in [1.165, 1.54) is 16.7 Å². The lowest BCUT2D eigenvalue weighted by atomic mass is 9.99. The van der Waals surface area contributed by atoms with Gasteiger partial charge < -0.3 is 5.32 Å². The molecule has 1 aliphatic rings. The summed E-state index contributed by atoms with van der Waals surface area (Å²) in [6.07, 6.45) is 6.48. The highest BCUT2D eigenvalue weighted by atomic mass is 14.9. The van der Waals surface area contributed by atoms with Crippen LogP contribution in [0.4, 0.5) is 0 Å². The molecule has 0 radical (unpaired) electrons. The SMILES string of the molecule is C1=CC(c2ccccc2)NC=C1c1ccccc1.CC. The maximum absolute atomic E-state index is 3.44. The third kappa shape index (κ3) is 3.39. The number of hydrogen-bond acceptors (Lipinski definition) is 1. The van der Waals surface area contributed by atoms with Crippen molar-refractivity contribution in [2.24, 2.45) is 0 Å². The Bertz CT molecular complexity index is 567. The summed E-state index contributed by atoms with van der Waals surface area (Å²) < 4.78 is 0. The lowest BCUT2D eigenvalue weighted by Gasteiger charge is -2.19. The Balaban J connectivity index is 0.000000704. The molecule has 0 amide bonds. The van der Waals surface area contributed by atoms with E-state index in [0.29, 0.717) is 0 Å². The highest BCUT2D eigenvalue weighted by Gasteiger charge is 2.10. The van der Waals surface area contributed by atoms with Gasteiger partial charge in [0.05, 0.1) is 6.04 Å². The lowest BCUT2D eigenvalue weighted by Crippen LogP contribution is -2.16. The molecule has 0 spiro atoms. The minimum atomic E-state index is 0.277. The molecule has 0 saturated carbocycles. The maximum Gasteiger partial charge on any atom is 0.0696 e. The van der Waals surface area contributed by atoms with Crippen LogP contribution in [-0.4, -0.2) is 0 Å². The highest BCUT2D eigenvalue weighted by Crippen LogP contribution is 2.23. The van der Waals surface area contributed by atoms with Gasteiger partial charge in [-0.05, 0) is 16.7 Å². The van der Waals surface area contributed by atoms with Crippen molar-refractivity contribution >= 4 is 5.57 Å². The summed E-state index contributed by atoms with van der Waals surface area (Å²) in [7, 11) is 0. The molecule has 2 aromatic rings. The van der Waals surface area contributed by atoms with Crippen molar-refractivity contribution in [3.05, 3.63) is 90.1 Å². The van der Waals surface area contributed by atoms with Gasteiger partial charge >= 0.3 is 0 Å². The van der Waals surface area contributed by atoms with E-state index in [9.17, 15) is 0 Å². The predicted octanol–water partition coefficient (Wildman–Crippen LogP) is 4.95. The van der Waals surface area contributed by atoms with Crippen molar-refractivity contribution < 1.29 is 0 Å². The first-order chi connectivity index (χ1) is 9.93. The fourth-order valence-electron chi connectivity index (χ4n) is 2.16. The molecule has 0 saturated heterocycles. The highest BCUT2D eigenvalue weighted by molar-refractivity contribution is 5.74. The van der Waals surface area contributed by atoms with Gasteiger partial charge in [-0.2, -0.15) is 0 Å². The fraction of sp³-hybridized carbons (Fsp3) is 0.158. The fourth-order valence-corrected chi connectivity index (χ4v) is 2.16. The van der Waals surface area contributed by atoms with Crippen LogP contribution >= 0.6 is 0 Å². The second-order valence-corrected chi connectivity index (χ2v) is 4.38. The third-order valence-corrected chi connectivity index (χ3v) is 3.15. The number of allylic oxidation sites excluding steroid dienone is 2. The Labute approximate surface area is 121 Å². The Morgan fingerprint density at radius 3 is 1.95 bits per heavy atom. The molecule has 1 heteroatoms. The van der Waals surface area contributed by atoms with Crippen molar-refractivity contribution in [2.45, 2.75) is 19.9 Å². The largest absolute Gasteiger partial charge is 0.380 e. The molecule has 2 aromatic carbocycles. The molecule has 20 heavy (non-hydrogen) atoms. The van der Waals surface area contributed by atoms with Crippen LogP contribution in [0.3, 0.4) is 0 Å². The standard InChI is InChI=1S/C17H15N.C2H6/c1-3-7-14(8-4-1)16-11-12-17(18-13-16)15-9-5-2-6-10-15;1-2/h1-13,17-18H;1-2H3. The molecule has 1 aliphatic heterocycles. The summed E-state index contributed by atoms with van der Waals surface area (Å²) in [5, 5.41) is 3.44. The van der Waals surface area contributed by atoms with Crippen LogP contribution in [-0.2, 0) is 0 Å². The van der Waals surface area contributed by atoms with Crippen LogP contribution < -0.4 is 5.32 Å². The van der Waals surface area contributed by atoms with E-state index < -0.39 is 0 Å². The predicted molar refractivity (Wildman–Crippen MR) is 87.2 cm³/mol. The first-order valence-corrected chi connectivity index (χ1v) is 7.18. The van der Waals surface area contributed by atoms with Gasteiger partial charge in [0.2, 0.25) is 0 Å². The first kappa shape index (κ1) is 14.1. The average molecular weight is 263 g/mol. The molecular formula is C19H21N. The Kier molecular flexibility index (Phi) is 5.19. The van der Waals surface area contributed by atoms with Gasteiger partial charge in [-0.3, -0.25) is 0 Å². The van der Waals surface area contributed by atoms with Gasteiger partial charge in [0.15, 0.2) is 0 Å². The monoisotopic (exact) mass is 263 g/mol. The Morgan fingerprint density at radius 1 is 0.800 bits per heavy atom. The number of benzene rings is 2. The molecule has 0 fully saturated rings. The van der Waals surface area contributed by atoms with E-state index in [1.807, 2.05) is 26.0 Å². The minimum Gasteiger partial charge on any atom is -0.380 e. The van der Waals surface area contributed by atoms with Crippen molar-refractivity contribution in [3.8, 4) is 0 Å². The zero-order valence-electron chi connectivity index (χ0n) is 12.1. The van der Waals surface area contributed by atoms with E-state index in [2.05, 4.69) is 72.2 Å². The minimum absolute atomic E-state index is 0.277. The molecule has 0 aromatic heterocycles. The first-order valence-electron chi connectivity index (χ1n) is 7.18. The maximum atomic E-state index is 3.44. The van der Waals surface area contributed by atoms with Gasteiger partial charge in [-0.1, -0.05) is 86.7 Å². The van der Waals surface area contributed by atoms with Crippen LogP contribution in [0.1, 0.15) is 31.0 Å². The van der Waals surface area contributed by atoms with E-state index in [4.69, 9.17) is 0 Å². The van der Waals surface area contributed by atoms with E-state index in [-0.39, 0.29) is 6.04 Å². The van der Waals surface area contributed by atoms with Crippen LogP contribution in [0.15, 0.2) is 79.0 Å². The molecular weight excluding hydrogens is 242 g/mol.